The van der Waals surface area contributed by atoms with Crippen LogP contribution in [0.3, 0.4) is 0 Å². The number of hydrogen-bond donors (Lipinski definition) is 1. The minimum absolute atomic E-state index is 0.0561. The van der Waals surface area contributed by atoms with Crippen LogP contribution in [0.5, 0.6) is 0 Å². The van der Waals surface area contributed by atoms with E-state index in [0.717, 1.165) is 30.0 Å². The molecule has 0 saturated heterocycles. The maximum atomic E-state index is 15.0. The number of aliphatic imine (C=N–C) groups is 1. The van der Waals surface area contributed by atoms with E-state index in [1.54, 1.807) is 37.3 Å². The van der Waals surface area contributed by atoms with Gasteiger partial charge in [0.05, 0.1) is 0 Å². The molecule has 7 nitrogen and oxygen atoms in total. The first-order valence-corrected chi connectivity index (χ1v) is 12.5. The summed E-state index contributed by atoms with van der Waals surface area (Å²) < 4.78 is 99.2. The summed E-state index contributed by atoms with van der Waals surface area (Å²) in [6.45, 7) is 0.960. The molecule has 2 aliphatic heterocycles. The Morgan fingerprint density at radius 2 is 1.89 bits per heavy atom. The van der Waals surface area contributed by atoms with Gasteiger partial charge in [0.1, 0.15) is 23.8 Å². The van der Waals surface area contributed by atoms with Crippen molar-refractivity contribution in [2.24, 2.45) is 10.9 Å². The predicted molar refractivity (Wildman–Crippen MR) is 120 cm³/mol. The van der Waals surface area contributed by atoms with Crippen LogP contribution in [-0.4, -0.2) is 36.9 Å². The number of hydrogen-bond acceptors (Lipinski definition) is 7. The number of nitrogens with one attached hydrogen (secondary N) is 1. The minimum Gasteiger partial charge on any atom is -0.462 e. The lowest BCUT2D eigenvalue weighted by atomic mass is 9.75. The quantitative estimate of drug-likeness (QED) is 0.345. The predicted octanol–water partition coefficient (Wildman–Crippen LogP) is 4.44. The average Bonchev–Trinajstić information content (AvgIpc) is 2.79. The highest BCUT2D eigenvalue weighted by molar-refractivity contribution is 8.14. The molecule has 1 amide bonds. The summed E-state index contributed by atoms with van der Waals surface area (Å²) in [5.74, 6) is -4.32. The first-order chi connectivity index (χ1) is 16.8. The van der Waals surface area contributed by atoms with Gasteiger partial charge >= 0.3 is 15.6 Å². The van der Waals surface area contributed by atoms with Gasteiger partial charge in [0.25, 0.3) is 11.9 Å². The third kappa shape index (κ3) is 4.91. The second kappa shape index (κ2) is 9.39. The summed E-state index contributed by atoms with van der Waals surface area (Å²) in [5, 5.41) is 2.07. The van der Waals surface area contributed by atoms with Gasteiger partial charge in [-0.05, 0) is 18.2 Å². The molecule has 36 heavy (non-hydrogen) atoms. The molecule has 0 aliphatic carbocycles. The fourth-order valence-corrected chi connectivity index (χ4v) is 5.46. The number of rotatable bonds is 4. The molecule has 0 aromatic heterocycles. The monoisotopic (exact) mass is 548 g/mol. The standard InChI is InChI=1S/C22H17F5N2O5S2/c1-12-16-10-18(34-36(31,32)22(25,26)27)33-11-21(16,15-8-7-14(23)9-17(15)24)29-20(35-12)28-19(30)13-5-3-2-4-6-13/h2-10,12,16H,11H2,1H3,(H,28,29,30)/t12-,16+,21-/m1/s1. The van der Waals surface area contributed by atoms with E-state index in [1.807, 2.05) is 0 Å². The first-order valence-electron chi connectivity index (χ1n) is 10.3. The van der Waals surface area contributed by atoms with E-state index in [4.69, 9.17) is 4.74 Å². The normalized spacial score (nSPS) is 24.1. The highest BCUT2D eigenvalue weighted by atomic mass is 32.2. The smallest absolute Gasteiger partial charge is 0.462 e. The molecule has 0 spiro atoms. The maximum absolute atomic E-state index is 15.0. The van der Waals surface area contributed by atoms with Crippen LogP contribution in [-0.2, 0) is 24.6 Å². The van der Waals surface area contributed by atoms with Crippen molar-refractivity contribution in [1.82, 2.24) is 5.32 Å². The van der Waals surface area contributed by atoms with E-state index >= 15 is 0 Å². The lowest BCUT2D eigenvalue weighted by Crippen LogP contribution is -2.50. The number of fused-ring (bicyclic) bond motifs is 1. The second-order valence-corrected chi connectivity index (χ2v) is 10.8. The van der Waals surface area contributed by atoms with E-state index in [0.29, 0.717) is 11.6 Å². The number of halogens is 5. The van der Waals surface area contributed by atoms with Crippen molar-refractivity contribution in [1.29, 1.82) is 0 Å². The SMILES string of the molecule is C[C@H]1SC(NC(=O)c2ccccc2)=N[C@@]2(c3ccc(F)cc3F)COC(OS(=O)(=O)C(F)(F)F)=C[C@@H]12. The molecule has 14 heteroatoms. The van der Waals surface area contributed by atoms with Gasteiger partial charge in [-0.3, -0.25) is 4.79 Å². The van der Waals surface area contributed by atoms with E-state index in [9.17, 15) is 35.2 Å². The van der Waals surface area contributed by atoms with Crippen LogP contribution >= 0.6 is 11.8 Å². The highest BCUT2D eigenvalue weighted by Crippen LogP contribution is 2.49. The number of amides is 1. The zero-order valence-corrected chi connectivity index (χ0v) is 19.9. The molecule has 2 aliphatic rings. The Bertz CT molecular complexity index is 1350. The Morgan fingerprint density at radius 1 is 1.19 bits per heavy atom. The van der Waals surface area contributed by atoms with Crippen molar-refractivity contribution in [2.75, 3.05) is 6.61 Å². The molecular weight excluding hydrogens is 531 g/mol. The van der Waals surface area contributed by atoms with Crippen LogP contribution in [0.4, 0.5) is 22.0 Å². The van der Waals surface area contributed by atoms with E-state index in [2.05, 4.69) is 14.5 Å². The Morgan fingerprint density at radius 3 is 2.53 bits per heavy atom. The summed E-state index contributed by atoms with van der Waals surface area (Å²) in [6.07, 6.45) is 0.965. The van der Waals surface area contributed by atoms with Crippen molar-refractivity contribution in [2.45, 2.75) is 23.2 Å². The van der Waals surface area contributed by atoms with Crippen LogP contribution in [0.15, 0.2) is 65.5 Å². The van der Waals surface area contributed by atoms with E-state index in [1.165, 1.54) is 0 Å². The molecule has 0 unspecified atom stereocenters. The largest absolute Gasteiger partial charge is 0.534 e. The topological polar surface area (TPSA) is 94.1 Å². The molecule has 0 radical (unpaired) electrons. The first kappa shape index (κ1) is 25.9. The lowest BCUT2D eigenvalue weighted by molar-refractivity contribution is -0.0590. The number of benzene rings is 2. The Hall–Kier alpha value is -3.13. The molecule has 0 bridgehead atoms. The van der Waals surface area contributed by atoms with E-state index < -0.39 is 62.4 Å². The van der Waals surface area contributed by atoms with Gasteiger partial charge < -0.3 is 14.2 Å². The van der Waals surface area contributed by atoms with Crippen molar-refractivity contribution in [3.8, 4) is 0 Å². The average molecular weight is 549 g/mol. The molecule has 0 saturated carbocycles. The van der Waals surface area contributed by atoms with Crippen LogP contribution in [0.25, 0.3) is 0 Å². The van der Waals surface area contributed by atoms with E-state index in [-0.39, 0.29) is 10.7 Å². The number of nitrogens with zero attached hydrogens (tertiary/aromatic N) is 1. The molecule has 1 N–H and O–H groups in total. The van der Waals surface area contributed by atoms with Crippen LogP contribution in [0, 0.1) is 17.6 Å². The molecule has 2 aromatic rings. The van der Waals surface area contributed by atoms with Gasteiger partial charge in [-0.15, -0.1) is 0 Å². The third-order valence-electron chi connectivity index (χ3n) is 5.54. The van der Waals surface area contributed by atoms with Gasteiger partial charge in [0.15, 0.2) is 5.17 Å². The summed E-state index contributed by atoms with van der Waals surface area (Å²) in [4.78, 5) is 17.1. The second-order valence-electron chi connectivity index (χ2n) is 7.89. The Labute approximate surface area is 206 Å². The van der Waals surface area contributed by atoms with Crippen molar-refractivity contribution in [3.63, 3.8) is 0 Å². The van der Waals surface area contributed by atoms with Crippen molar-refractivity contribution < 1.29 is 44.1 Å². The molecule has 3 atom stereocenters. The Kier molecular flexibility index (Phi) is 6.77. The summed E-state index contributed by atoms with van der Waals surface area (Å²) in [5.41, 5.74) is -7.24. The molecule has 0 fully saturated rings. The number of amidine groups is 1. The van der Waals surface area contributed by atoms with Crippen molar-refractivity contribution >= 4 is 33.0 Å². The van der Waals surface area contributed by atoms with Crippen LogP contribution in [0.2, 0.25) is 0 Å². The lowest BCUT2D eigenvalue weighted by Gasteiger charge is -2.45. The number of alkyl halides is 3. The number of carbonyl (C=O) groups is 1. The number of ether oxygens (including phenoxy) is 1. The van der Waals surface area contributed by atoms with Gasteiger partial charge in [-0.1, -0.05) is 43.0 Å². The Balaban J connectivity index is 1.77. The molecular formula is C22H17F5N2O5S2. The molecule has 2 aromatic carbocycles. The summed E-state index contributed by atoms with van der Waals surface area (Å²) >= 11 is 1.02. The van der Waals surface area contributed by atoms with Gasteiger partial charge in [-0.25, -0.2) is 13.8 Å². The molecule has 2 heterocycles. The van der Waals surface area contributed by atoms with Gasteiger partial charge in [0.2, 0.25) is 0 Å². The van der Waals surface area contributed by atoms with Crippen LogP contribution in [0.1, 0.15) is 22.8 Å². The van der Waals surface area contributed by atoms with Crippen molar-refractivity contribution in [3.05, 3.63) is 83.3 Å². The molecule has 4 rings (SSSR count). The molecule has 192 valence electrons. The zero-order valence-electron chi connectivity index (χ0n) is 18.3. The fourth-order valence-electron chi connectivity index (χ4n) is 3.88. The van der Waals surface area contributed by atoms with Gasteiger partial charge in [0, 0.05) is 34.4 Å². The highest BCUT2D eigenvalue weighted by Gasteiger charge is 2.54. The zero-order chi connectivity index (χ0) is 26.3. The van der Waals surface area contributed by atoms with Gasteiger partial charge in [-0.2, -0.15) is 21.6 Å². The number of carbonyl (C=O) groups excluding carboxylic acids is 1. The number of thioether (sulfide) groups is 1. The fraction of sp³-hybridized carbons (Fsp3) is 0.273. The third-order valence-corrected chi connectivity index (χ3v) is 7.57. The summed E-state index contributed by atoms with van der Waals surface area (Å²) in [7, 11) is -6.02. The van der Waals surface area contributed by atoms with Crippen LogP contribution < -0.4 is 5.32 Å². The summed E-state index contributed by atoms with van der Waals surface area (Å²) in [6, 6.07) is 10.8. The maximum Gasteiger partial charge on any atom is 0.534 e. The minimum atomic E-state index is -6.02.